The number of nitrogens with one attached hydrogen (secondary N) is 1. The molecule has 3 heteroatoms. The number of fused-ring (bicyclic) bond motifs is 1. The van der Waals surface area contributed by atoms with E-state index in [1.807, 2.05) is 31.2 Å². The summed E-state index contributed by atoms with van der Waals surface area (Å²) in [5, 5.41) is 16.3. The first-order valence-electron chi connectivity index (χ1n) is 3.66. The van der Waals surface area contributed by atoms with Crippen molar-refractivity contribution in [2.24, 2.45) is 0 Å². The molecule has 0 fully saturated rings. The number of nitrogens with zero attached hydrogens (tertiary/aromatic N) is 2. The predicted octanol–water partition coefficient (Wildman–Crippen LogP) is 1.74. The molecule has 0 spiro atoms. The van der Waals surface area contributed by atoms with E-state index in [9.17, 15) is 0 Å². The molecular formula is C9H7N3. The summed E-state index contributed by atoms with van der Waals surface area (Å²) < 4.78 is 0. The van der Waals surface area contributed by atoms with E-state index in [4.69, 9.17) is 5.26 Å². The highest BCUT2D eigenvalue weighted by molar-refractivity contribution is 5.86. The molecule has 0 aliphatic rings. The summed E-state index contributed by atoms with van der Waals surface area (Å²) in [6.45, 7) is 1.97. The lowest BCUT2D eigenvalue weighted by molar-refractivity contribution is 1.10. The Bertz CT molecular complexity index is 462. The monoisotopic (exact) mass is 157 g/mol. The van der Waals surface area contributed by atoms with Crippen LogP contribution in [0.25, 0.3) is 10.9 Å². The zero-order chi connectivity index (χ0) is 8.55. The van der Waals surface area contributed by atoms with Crippen molar-refractivity contribution < 1.29 is 0 Å². The molecule has 0 aliphatic carbocycles. The van der Waals surface area contributed by atoms with E-state index >= 15 is 0 Å². The lowest BCUT2D eigenvalue weighted by atomic mass is 10.1. The van der Waals surface area contributed by atoms with Crippen LogP contribution in [0.4, 0.5) is 0 Å². The van der Waals surface area contributed by atoms with Crippen molar-refractivity contribution in [1.82, 2.24) is 10.2 Å². The average Bonchev–Trinajstić information content (AvgIpc) is 2.49. The molecule has 1 heterocycles. The summed E-state index contributed by atoms with van der Waals surface area (Å²) in [5.41, 5.74) is 2.48. The fourth-order valence-corrected chi connectivity index (χ4v) is 1.33. The fraction of sp³-hybridized carbons (Fsp3) is 0.111. The SMILES string of the molecule is Cc1cccc2[nH]nc(C#N)c12. The molecule has 2 aromatic rings. The zero-order valence-corrected chi connectivity index (χ0v) is 6.63. The van der Waals surface area contributed by atoms with Crippen LogP contribution in [-0.2, 0) is 0 Å². The smallest absolute Gasteiger partial charge is 0.170 e. The van der Waals surface area contributed by atoms with Crippen LogP contribution in [0.1, 0.15) is 11.3 Å². The fourth-order valence-electron chi connectivity index (χ4n) is 1.33. The van der Waals surface area contributed by atoms with Gasteiger partial charge < -0.3 is 0 Å². The van der Waals surface area contributed by atoms with E-state index in [1.165, 1.54) is 0 Å². The number of nitriles is 1. The Balaban J connectivity index is 2.95. The van der Waals surface area contributed by atoms with E-state index in [0.29, 0.717) is 5.69 Å². The molecule has 0 atom stereocenters. The predicted molar refractivity (Wildman–Crippen MR) is 45.5 cm³/mol. The van der Waals surface area contributed by atoms with Crippen LogP contribution in [0, 0.1) is 18.3 Å². The molecule has 0 bridgehead atoms. The summed E-state index contributed by atoms with van der Waals surface area (Å²) in [5.74, 6) is 0. The van der Waals surface area contributed by atoms with E-state index in [1.54, 1.807) is 0 Å². The number of aryl methyl sites for hydroxylation is 1. The Labute approximate surface area is 69.6 Å². The van der Waals surface area contributed by atoms with Gasteiger partial charge in [-0.3, -0.25) is 5.10 Å². The van der Waals surface area contributed by atoms with Gasteiger partial charge in [-0.1, -0.05) is 12.1 Å². The average molecular weight is 157 g/mol. The highest BCUT2D eigenvalue weighted by atomic mass is 15.1. The molecule has 1 N–H and O–H groups in total. The van der Waals surface area contributed by atoms with E-state index in [-0.39, 0.29) is 0 Å². The standard InChI is InChI=1S/C9H7N3/c1-6-3-2-4-7-9(6)8(5-10)12-11-7/h2-4H,1H3,(H,11,12). The molecule has 3 nitrogen and oxygen atoms in total. The first-order chi connectivity index (χ1) is 5.83. The second-order valence-electron chi connectivity index (χ2n) is 2.68. The van der Waals surface area contributed by atoms with Gasteiger partial charge in [-0.05, 0) is 18.6 Å². The van der Waals surface area contributed by atoms with Crippen LogP contribution in [0.5, 0.6) is 0 Å². The van der Waals surface area contributed by atoms with Gasteiger partial charge >= 0.3 is 0 Å². The first-order valence-corrected chi connectivity index (χ1v) is 3.66. The lowest BCUT2D eigenvalue weighted by Gasteiger charge is -1.92. The third-order valence-corrected chi connectivity index (χ3v) is 1.90. The van der Waals surface area contributed by atoms with Crippen molar-refractivity contribution in [2.75, 3.05) is 0 Å². The van der Waals surface area contributed by atoms with Gasteiger partial charge in [0, 0.05) is 5.39 Å². The molecule has 0 radical (unpaired) electrons. The highest BCUT2D eigenvalue weighted by Gasteiger charge is 2.05. The molecule has 0 aliphatic heterocycles. The van der Waals surface area contributed by atoms with Gasteiger partial charge in [0.25, 0.3) is 0 Å². The molecule has 12 heavy (non-hydrogen) atoms. The van der Waals surface area contributed by atoms with Crippen molar-refractivity contribution in [3.8, 4) is 6.07 Å². The maximum absolute atomic E-state index is 8.72. The number of hydrogen-bond acceptors (Lipinski definition) is 2. The van der Waals surface area contributed by atoms with Crippen LogP contribution < -0.4 is 0 Å². The molecule has 58 valence electrons. The molecule has 0 saturated heterocycles. The Morgan fingerprint density at radius 2 is 2.33 bits per heavy atom. The van der Waals surface area contributed by atoms with Crippen molar-refractivity contribution in [3.63, 3.8) is 0 Å². The normalized spacial score (nSPS) is 10.0. The number of hydrogen-bond donors (Lipinski definition) is 1. The van der Waals surface area contributed by atoms with Crippen LogP contribution in [0.15, 0.2) is 18.2 Å². The van der Waals surface area contributed by atoms with Crippen LogP contribution in [0.3, 0.4) is 0 Å². The Morgan fingerprint density at radius 3 is 3.08 bits per heavy atom. The van der Waals surface area contributed by atoms with Gasteiger partial charge in [0.15, 0.2) is 5.69 Å². The van der Waals surface area contributed by atoms with E-state index in [0.717, 1.165) is 16.5 Å². The number of benzene rings is 1. The summed E-state index contributed by atoms with van der Waals surface area (Å²) in [6, 6.07) is 7.87. The molecule has 2 rings (SSSR count). The zero-order valence-electron chi connectivity index (χ0n) is 6.63. The maximum Gasteiger partial charge on any atom is 0.170 e. The van der Waals surface area contributed by atoms with Gasteiger partial charge in [0.05, 0.1) is 5.52 Å². The van der Waals surface area contributed by atoms with E-state index in [2.05, 4.69) is 10.2 Å². The number of H-pyrrole nitrogens is 1. The first kappa shape index (κ1) is 6.86. The van der Waals surface area contributed by atoms with Gasteiger partial charge in [0.2, 0.25) is 0 Å². The summed E-state index contributed by atoms with van der Waals surface area (Å²) in [7, 11) is 0. The van der Waals surface area contributed by atoms with Gasteiger partial charge in [-0.15, -0.1) is 0 Å². The summed E-state index contributed by atoms with van der Waals surface area (Å²) >= 11 is 0. The third kappa shape index (κ3) is 0.785. The van der Waals surface area contributed by atoms with E-state index < -0.39 is 0 Å². The Kier molecular flexibility index (Phi) is 1.34. The minimum atomic E-state index is 0.475. The van der Waals surface area contributed by atoms with Crippen molar-refractivity contribution in [2.45, 2.75) is 6.92 Å². The van der Waals surface area contributed by atoms with Crippen molar-refractivity contribution in [3.05, 3.63) is 29.5 Å². The highest BCUT2D eigenvalue weighted by Crippen LogP contribution is 2.18. The minimum absolute atomic E-state index is 0.475. The second kappa shape index (κ2) is 2.35. The van der Waals surface area contributed by atoms with Crippen molar-refractivity contribution >= 4 is 10.9 Å². The van der Waals surface area contributed by atoms with Gasteiger partial charge in [0.1, 0.15) is 6.07 Å². The molecule has 0 amide bonds. The van der Waals surface area contributed by atoms with Gasteiger partial charge in [-0.25, -0.2) is 0 Å². The van der Waals surface area contributed by atoms with Gasteiger partial charge in [-0.2, -0.15) is 10.4 Å². The second-order valence-corrected chi connectivity index (χ2v) is 2.68. The molecular weight excluding hydrogens is 150 g/mol. The van der Waals surface area contributed by atoms with Crippen LogP contribution in [0.2, 0.25) is 0 Å². The topological polar surface area (TPSA) is 52.5 Å². The third-order valence-electron chi connectivity index (χ3n) is 1.90. The van der Waals surface area contributed by atoms with Crippen LogP contribution in [-0.4, -0.2) is 10.2 Å². The number of aromatic amines is 1. The van der Waals surface area contributed by atoms with Crippen molar-refractivity contribution in [1.29, 1.82) is 5.26 Å². The maximum atomic E-state index is 8.72. The quantitative estimate of drug-likeness (QED) is 0.633. The number of aromatic nitrogens is 2. The number of rotatable bonds is 0. The molecule has 1 aromatic carbocycles. The Hall–Kier alpha value is -1.82. The molecule has 0 unspecified atom stereocenters. The lowest BCUT2D eigenvalue weighted by Crippen LogP contribution is -1.76. The molecule has 0 saturated carbocycles. The minimum Gasteiger partial charge on any atom is -0.276 e. The van der Waals surface area contributed by atoms with Crippen LogP contribution >= 0.6 is 0 Å². The molecule has 1 aromatic heterocycles. The Morgan fingerprint density at radius 1 is 1.50 bits per heavy atom. The largest absolute Gasteiger partial charge is 0.276 e. The summed E-state index contributed by atoms with van der Waals surface area (Å²) in [6.07, 6.45) is 0. The summed E-state index contributed by atoms with van der Waals surface area (Å²) in [4.78, 5) is 0.